The average Bonchev–Trinajstić information content (AvgIpc) is 2.62. The zero-order valence-electron chi connectivity index (χ0n) is 12.1. The molecule has 0 saturated carbocycles. The number of esters is 1. The van der Waals surface area contributed by atoms with Crippen molar-refractivity contribution in [3.05, 3.63) is 4.88 Å². The number of nitrogen functional groups attached to an aromatic ring is 1. The molecule has 1 saturated heterocycles. The second-order valence-electron chi connectivity index (χ2n) is 4.82. The molecule has 20 heavy (non-hydrogen) atoms. The molecule has 7 heteroatoms. The SMILES string of the molecule is COC(=O)c1sc(N2CCCN(C)CC2)c(OC)c1N. The molecule has 0 aliphatic carbocycles. The number of likely N-dealkylation sites (N-methyl/N-ethyl adjacent to an activating group) is 1. The van der Waals surface area contributed by atoms with Gasteiger partial charge in [0.1, 0.15) is 15.6 Å². The van der Waals surface area contributed by atoms with Crippen LogP contribution in [0.15, 0.2) is 0 Å². The molecule has 1 aliphatic heterocycles. The van der Waals surface area contributed by atoms with Crippen LogP contribution in [0, 0.1) is 0 Å². The van der Waals surface area contributed by atoms with Crippen LogP contribution < -0.4 is 15.4 Å². The summed E-state index contributed by atoms with van der Waals surface area (Å²) < 4.78 is 10.2. The topological polar surface area (TPSA) is 68.0 Å². The Balaban J connectivity index is 2.32. The van der Waals surface area contributed by atoms with E-state index in [0.29, 0.717) is 16.3 Å². The van der Waals surface area contributed by atoms with E-state index in [4.69, 9.17) is 15.2 Å². The van der Waals surface area contributed by atoms with E-state index >= 15 is 0 Å². The van der Waals surface area contributed by atoms with E-state index in [1.807, 2.05) is 0 Å². The molecular formula is C13H21N3O3S. The number of carbonyl (C=O) groups is 1. The Bertz CT molecular complexity index is 489. The number of nitrogens with two attached hydrogens (primary N) is 1. The van der Waals surface area contributed by atoms with Gasteiger partial charge in [0.05, 0.1) is 14.2 Å². The Labute approximate surface area is 123 Å². The van der Waals surface area contributed by atoms with Crippen molar-refractivity contribution in [3.8, 4) is 5.75 Å². The number of hydrogen-bond donors (Lipinski definition) is 1. The molecule has 2 rings (SSSR count). The highest BCUT2D eigenvalue weighted by Gasteiger charge is 2.26. The fraction of sp³-hybridized carbons (Fsp3) is 0.615. The van der Waals surface area contributed by atoms with E-state index in [0.717, 1.165) is 37.6 Å². The highest BCUT2D eigenvalue weighted by Crippen LogP contribution is 2.45. The predicted octanol–water partition coefficient (Wildman–Crippen LogP) is 1.27. The minimum absolute atomic E-state index is 0.372. The molecule has 0 atom stereocenters. The summed E-state index contributed by atoms with van der Waals surface area (Å²) in [5.74, 6) is 0.170. The first-order chi connectivity index (χ1) is 9.58. The van der Waals surface area contributed by atoms with E-state index in [2.05, 4.69) is 16.8 Å². The molecule has 0 amide bonds. The van der Waals surface area contributed by atoms with Crippen molar-refractivity contribution in [2.45, 2.75) is 6.42 Å². The van der Waals surface area contributed by atoms with Gasteiger partial charge >= 0.3 is 5.97 Å². The first-order valence-corrected chi connectivity index (χ1v) is 7.38. The molecule has 2 N–H and O–H groups in total. The lowest BCUT2D eigenvalue weighted by Gasteiger charge is -2.21. The van der Waals surface area contributed by atoms with Crippen LogP contribution in [-0.2, 0) is 4.74 Å². The normalized spacial score (nSPS) is 16.9. The summed E-state index contributed by atoms with van der Waals surface area (Å²) in [5, 5.41) is 0.917. The van der Waals surface area contributed by atoms with Crippen LogP contribution >= 0.6 is 11.3 Å². The maximum Gasteiger partial charge on any atom is 0.350 e. The van der Waals surface area contributed by atoms with Crippen molar-refractivity contribution in [2.24, 2.45) is 0 Å². The largest absolute Gasteiger partial charge is 0.492 e. The Kier molecular flexibility index (Phi) is 4.72. The first-order valence-electron chi connectivity index (χ1n) is 6.56. The molecular weight excluding hydrogens is 278 g/mol. The Hall–Kier alpha value is -1.47. The number of nitrogens with zero attached hydrogens (tertiary/aromatic N) is 2. The maximum atomic E-state index is 11.7. The van der Waals surface area contributed by atoms with Gasteiger partial charge in [-0.3, -0.25) is 0 Å². The third-order valence-electron chi connectivity index (χ3n) is 3.46. The summed E-state index contributed by atoms with van der Waals surface area (Å²) in [6.45, 7) is 3.88. The first kappa shape index (κ1) is 14.9. The van der Waals surface area contributed by atoms with Crippen LogP contribution in [0.5, 0.6) is 5.75 Å². The van der Waals surface area contributed by atoms with Crippen molar-refractivity contribution in [3.63, 3.8) is 0 Å². The fourth-order valence-corrected chi connectivity index (χ4v) is 3.48. The van der Waals surface area contributed by atoms with E-state index in [1.165, 1.54) is 18.4 Å². The quantitative estimate of drug-likeness (QED) is 0.848. The zero-order valence-corrected chi connectivity index (χ0v) is 13.0. The fourth-order valence-electron chi connectivity index (χ4n) is 2.32. The molecule has 0 unspecified atom stereocenters. The third kappa shape index (κ3) is 2.83. The van der Waals surface area contributed by atoms with Gasteiger partial charge in [0.2, 0.25) is 0 Å². The van der Waals surface area contributed by atoms with Crippen LogP contribution in [0.4, 0.5) is 10.7 Å². The van der Waals surface area contributed by atoms with Crippen LogP contribution in [-0.4, -0.2) is 58.3 Å². The minimum Gasteiger partial charge on any atom is -0.492 e. The molecule has 0 spiro atoms. The lowest BCUT2D eigenvalue weighted by molar-refractivity contribution is 0.0607. The van der Waals surface area contributed by atoms with Crippen molar-refractivity contribution in [2.75, 3.05) is 58.1 Å². The highest BCUT2D eigenvalue weighted by atomic mass is 32.1. The summed E-state index contributed by atoms with van der Waals surface area (Å²) >= 11 is 1.34. The Morgan fingerprint density at radius 3 is 2.65 bits per heavy atom. The summed E-state index contributed by atoms with van der Waals surface area (Å²) in [5.41, 5.74) is 6.38. The average molecular weight is 299 g/mol. The summed E-state index contributed by atoms with van der Waals surface area (Å²) in [4.78, 5) is 16.7. The van der Waals surface area contributed by atoms with Gasteiger partial charge in [-0.05, 0) is 20.0 Å². The molecule has 1 fully saturated rings. The minimum atomic E-state index is -0.413. The van der Waals surface area contributed by atoms with E-state index in [1.54, 1.807) is 7.11 Å². The summed E-state index contributed by atoms with van der Waals surface area (Å²) in [6.07, 6.45) is 1.07. The molecule has 6 nitrogen and oxygen atoms in total. The van der Waals surface area contributed by atoms with Gasteiger partial charge in [0.25, 0.3) is 0 Å². The van der Waals surface area contributed by atoms with Crippen molar-refractivity contribution in [1.29, 1.82) is 0 Å². The Morgan fingerprint density at radius 2 is 2.00 bits per heavy atom. The molecule has 0 aromatic carbocycles. The third-order valence-corrected chi connectivity index (χ3v) is 4.69. The number of methoxy groups -OCH3 is 2. The van der Waals surface area contributed by atoms with E-state index < -0.39 is 5.97 Å². The maximum absolute atomic E-state index is 11.7. The Morgan fingerprint density at radius 1 is 1.25 bits per heavy atom. The zero-order chi connectivity index (χ0) is 14.7. The lowest BCUT2D eigenvalue weighted by atomic mass is 10.3. The molecule has 2 heterocycles. The van der Waals surface area contributed by atoms with Gasteiger partial charge in [0, 0.05) is 19.6 Å². The van der Waals surface area contributed by atoms with E-state index in [-0.39, 0.29) is 0 Å². The summed E-state index contributed by atoms with van der Waals surface area (Å²) in [6, 6.07) is 0. The highest BCUT2D eigenvalue weighted by molar-refractivity contribution is 7.19. The number of ether oxygens (including phenoxy) is 2. The second kappa shape index (κ2) is 6.32. The van der Waals surface area contributed by atoms with Crippen molar-refractivity contribution < 1.29 is 14.3 Å². The van der Waals surface area contributed by atoms with Crippen LogP contribution in [0.1, 0.15) is 16.1 Å². The van der Waals surface area contributed by atoms with Gasteiger partial charge in [-0.25, -0.2) is 4.79 Å². The van der Waals surface area contributed by atoms with Crippen molar-refractivity contribution in [1.82, 2.24) is 4.90 Å². The smallest absolute Gasteiger partial charge is 0.350 e. The van der Waals surface area contributed by atoms with Gasteiger partial charge in [-0.1, -0.05) is 0 Å². The second-order valence-corrected chi connectivity index (χ2v) is 5.82. The number of anilines is 2. The standard InChI is InChI=1S/C13H21N3O3S/c1-15-5-4-6-16(8-7-15)12-10(18-2)9(14)11(20-12)13(17)19-3/h4-8,14H2,1-3H3. The van der Waals surface area contributed by atoms with Gasteiger partial charge in [-0.15, -0.1) is 11.3 Å². The molecule has 1 aliphatic rings. The van der Waals surface area contributed by atoms with Crippen molar-refractivity contribution >= 4 is 28.0 Å². The number of hydrogen-bond acceptors (Lipinski definition) is 7. The molecule has 0 bridgehead atoms. The van der Waals surface area contributed by atoms with Crippen LogP contribution in [0.3, 0.4) is 0 Å². The molecule has 0 radical (unpaired) electrons. The predicted molar refractivity (Wildman–Crippen MR) is 80.9 cm³/mol. The molecule has 1 aromatic heterocycles. The summed E-state index contributed by atoms with van der Waals surface area (Å²) in [7, 11) is 5.05. The van der Waals surface area contributed by atoms with Crippen LogP contribution in [0.25, 0.3) is 0 Å². The molecule has 112 valence electrons. The number of thiophene rings is 1. The monoisotopic (exact) mass is 299 g/mol. The number of rotatable bonds is 3. The van der Waals surface area contributed by atoms with E-state index in [9.17, 15) is 4.79 Å². The molecule has 1 aromatic rings. The number of carbonyl (C=O) groups excluding carboxylic acids is 1. The lowest BCUT2D eigenvalue weighted by Crippen LogP contribution is -2.28. The van der Waals surface area contributed by atoms with Gasteiger partial charge in [-0.2, -0.15) is 0 Å². The van der Waals surface area contributed by atoms with Crippen LogP contribution in [0.2, 0.25) is 0 Å². The van der Waals surface area contributed by atoms with Gasteiger partial charge in [0.15, 0.2) is 5.75 Å². The van der Waals surface area contributed by atoms with Gasteiger partial charge < -0.3 is 25.0 Å².